The van der Waals surface area contributed by atoms with Gasteiger partial charge in [0.05, 0.1) is 10.2 Å². The van der Waals surface area contributed by atoms with Crippen molar-refractivity contribution in [2.24, 2.45) is 0 Å². The molecule has 120 valence electrons. The summed E-state index contributed by atoms with van der Waals surface area (Å²) in [5.41, 5.74) is 11.4. The summed E-state index contributed by atoms with van der Waals surface area (Å²) >= 11 is 1.71. The predicted molar refractivity (Wildman–Crippen MR) is 100 cm³/mol. The molecule has 1 aromatic carbocycles. The lowest BCUT2D eigenvalue weighted by molar-refractivity contribution is 0.626. The number of nitrogens with zero attached hydrogens (tertiary/aromatic N) is 3. The Hall–Kier alpha value is -3.25. The van der Waals surface area contributed by atoms with Crippen LogP contribution in [0, 0.1) is 0 Å². The van der Waals surface area contributed by atoms with Gasteiger partial charge in [0.2, 0.25) is 0 Å². The smallest absolute Gasteiger partial charge is 0.292 e. The Kier molecular flexibility index (Phi) is 3.05. The molecule has 0 atom stereocenters. The maximum absolute atomic E-state index is 5.63. The molecule has 4 aromatic heterocycles. The van der Waals surface area contributed by atoms with Crippen LogP contribution in [0.15, 0.2) is 65.5 Å². The number of nitrogens with two attached hydrogens (primary N) is 1. The minimum Gasteiger partial charge on any atom is -0.424 e. The van der Waals surface area contributed by atoms with Gasteiger partial charge in [-0.3, -0.25) is 9.97 Å². The van der Waals surface area contributed by atoms with E-state index in [9.17, 15) is 0 Å². The van der Waals surface area contributed by atoms with Crippen LogP contribution in [0.5, 0.6) is 0 Å². The average Bonchev–Trinajstić information content (AvgIpc) is 3.23. The third-order valence-corrected chi connectivity index (χ3v) is 5.30. The molecular weight excluding hydrogens is 332 g/mol. The Morgan fingerprint density at radius 2 is 1.76 bits per heavy atom. The molecule has 0 fully saturated rings. The number of anilines is 1. The molecule has 0 aliphatic heterocycles. The molecular formula is C19H12N4OS. The van der Waals surface area contributed by atoms with E-state index < -0.39 is 0 Å². The van der Waals surface area contributed by atoms with Crippen LogP contribution in [0.25, 0.3) is 42.9 Å². The van der Waals surface area contributed by atoms with E-state index in [1.165, 1.54) is 0 Å². The van der Waals surface area contributed by atoms with Gasteiger partial charge in [0.1, 0.15) is 5.52 Å². The van der Waals surface area contributed by atoms with Gasteiger partial charge in [0, 0.05) is 29.0 Å². The molecule has 5 aromatic rings. The fraction of sp³-hybridized carbons (Fsp3) is 0. The minimum absolute atomic E-state index is 0.185. The zero-order valence-corrected chi connectivity index (χ0v) is 13.8. The third kappa shape index (κ3) is 2.35. The van der Waals surface area contributed by atoms with Gasteiger partial charge in [-0.1, -0.05) is 0 Å². The molecule has 6 heteroatoms. The van der Waals surface area contributed by atoms with Crippen molar-refractivity contribution in [2.75, 3.05) is 5.73 Å². The maximum Gasteiger partial charge on any atom is 0.292 e. The molecule has 5 nitrogen and oxygen atoms in total. The number of hydrogen-bond acceptors (Lipinski definition) is 6. The fourth-order valence-electron chi connectivity index (χ4n) is 2.94. The van der Waals surface area contributed by atoms with Crippen molar-refractivity contribution in [3.05, 3.63) is 61.1 Å². The lowest BCUT2D eigenvalue weighted by atomic mass is 10.1. The van der Waals surface area contributed by atoms with E-state index in [0.717, 1.165) is 37.3 Å². The molecule has 0 spiro atoms. The number of hydrogen-bond donors (Lipinski definition) is 1. The average molecular weight is 344 g/mol. The van der Waals surface area contributed by atoms with Gasteiger partial charge in [0.15, 0.2) is 5.58 Å². The second kappa shape index (κ2) is 5.39. The summed E-state index contributed by atoms with van der Waals surface area (Å²) in [4.78, 5) is 14.0. The first-order valence-corrected chi connectivity index (χ1v) is 8.55. The molecule has 4 heterocycles. The summed E-state index contributed by atoms with van der Waals surface area (Å²) in [6.07, 6.45) is 5.45. The van der Waals surface area contributed by atoms with Crippen molar-refractivity contribution in [1.29, 1.82) is 0 Å². The van der Waals surface area contributed by atoms with Crippen molar-refractivity contribution >= 4 is 38.7 Å². The highest BCUT2D eigenvalue weighted by molar-refractivity contribution is 7.22. The Morgan fingerprint density at radius 1 is 0.880 bits per heavy atom. The number of aromatic nitrogens is 3. The standard InChI is InChI=1S/C19H12N4OS/c20-19-23-14-9-12(1-2-16(14)24-19)17-10-15-18(25-17)13(5-8-22-15)11-3-6-21-7-4-11/h1-10H,(H2,20,23). The van der Waals surface area contributed by atoms with E-state index in [-0.39, 0.29) is 6.01 Å². The molecule has 25 heavy (non-hydrogen) atoms. The molecule has 0 aliphatic carbocycles. The summed E-state index contributed by atoms with van der Waals surface area (Å²) in [6.45, 7) is 0. The molecule has 0 amide bonds. The van der Waals surface area contributed by atoms with E-state index >= 15 is 0 Å². The van der Waals surface area contributed by atoms with Gasteiger partial charge in [-0.05, 0) is 53.6 Å². The van der Waals surface area contributed by atoms with Gasteiger partial charge < -0.3 is 10.2 Å². The fourth-order valence-corrected chi connectivity index (χ4v) is 4.08. The number of oxazole rings is 1. The molecule has 0 radical (unpaired) electrons. The highest BCUT2D eigenvalue weighted by Crippen LogP contribution is 2.38. The highest BCUT2D eigenvalue weighted by atomic mass is 32.1. The van der Waals surface area contributed by atoms with Gasteiger partial charge >= 0.3 is 0 Å². The number of rotatable bonds is 2. The molecule has 2 N–H and O–H groups in total. The zero-order valence-electron chi connectivity index (χ0n) is 13.0. The number of benzene rings is 1. The van der Waals surface area contributed by atoms with Crippen LogP contribution in [0.3, 0.4) is 0 Å². The summed E-state index contributed by atoms with van der Waals surface area (Å²) in [5, 5.41) is 0. The normalized spacial score (nSPS) is 11.4. The molecule has 0 saturated carbocycles. The molecule has 0 unspecified atom stereocenters. The Balaban J connectivity index is 1.69. The first-order valence-electron chi connectivity index (χ1n) is 7.73. The highest BCUT2D eigenvalue weighted by Gasteiger charge is 2.12. The molecule has 0 bridgehead atoms. The van der Waals surface area contributed by atoms with E-state index in [0.29, 0.717) is 5.58 Å². The first kappa shape index (κ1) is 14.1. The summed E-state index contributed by atoms with van der Waals surface area (Å²) < 4.78 is 6.50. The van der Waals surface area contributed by atoms with Crippen LogP contribution < -0.4 is 5.73 Å². The summed E-state index contributed by atoms with van der Waals surface area (Å²) in [5.74, 6) is 0. The lowest BCUT2D eigenvalue weighted by Crippen LogP contribution is -1.80. The van der Waals surface area contributed by atoms with Gasteiger partial charge in [-0.15, -0.1) is 11.3 Å². The Labute approximate surface area is 146 Å². The van der Waals surface area contributed by atoms with E-state index in [4.69, 9.17) is 10.2 Å². The van der Waals surface area contributed by atoms with Crippen LogP contribution in [0.1, 0.15) is 0 Å². The zero-order chi connectivity index (χ0) is 16.8. The van der Waals surface area contributed by atoms with Crippen LogP contribution in [0.4, 0.5) is 6.01 Å². The first-order chi connectivity index (χ1) is 12.3. The number of nitrogen functional groups attached to an aromatic ring is 1. The molecule has 0 saturated heterocycles. The van der Waals surface area contributed by atoms with Crippen molar-refractivity contribution < 1.29 is 4.42 Å². The van der Waals surface area contributed by atoms with E-state index in [2.05, 4.69) is 21.0 Å². The molecule has 0 aliphatic rings. The van der Waals surface area contributed by atoms with Gasteiger partial charge in [-0.25, -0.2) is 0 Å². The minimum atomic E-state index is 0.185. The van der Waals surface area contributed by atoms with Gasteiger partial charge in [-0.2, -0.15) is 4.98 Å². The second-order valence-corrected chi connectivity index (χ2v) is 6.71. The Morgan fingerprint density at radius 3 is 2.64 bits per heavy atom. The van der Waals surface area contributed by atoms with Crippen molar-refractivity contribution in [1.82, 2.24) is 15.0 Å². The lowest BCUT2D eigenvalue weighted by Gasteiger charge is -2.01. The predicted octanol–water partition coefficient (Wildman–Crippen LogP) is 4.75. The van der Waals surface area contributed by atoms with E-state index in [1.807, 2.05) is 42.6 Å². The number of thiophene rings is 1. The van der Waals surface area contributed by atoms with E-state index in [1.54, 1.807) is 23.7 Å². The number of pyridine rings is 2. The Bertz CT molecular complexity index is 1210. The van der Waals surface area contributed by atoms with Crippen molar-refractivity contribution in [3.8, 4) is 21.6 Å². The summed E-state index contributed by atoms with van der Waals surface area (Å²) in [6, 6.07) is 14.3. The van der Waals surface area contributed by atoms with Crippen LogP contribution in [-0.4, -0.2) is 15.0 Å². The third-order valence-electron chi connectivity index (χ3n) is 4.09. The van der Waals surface area contributed by atoms with Crippen molar-refractivity contribution in [2.45, 2.75) is 0 Å². The molecule has 5 rings (SSSR count). The van der Waals surface area contributed by atoms with Crippen LogP contribution in [0.2, 0.25) is 0 Å². The summed E-state index contributed by atoms with van der Waals surface area (Å²) in [7, 11) is 0. The monoisotopic (exact) mass is 344 g/mol. The SMILES string of the molecule is Nc1nc2cc(-c3cc4nccc(-c5ccncc5)c4s3)ccc2o1. The van der Waals surface area contributed by atoms with Crippen molar-refractivity contribution in [3.63, 3.8) is 0 Å². The number of fused-ring (bicyclic) bond motifs is 2. The van der Waals surface area contributed by atoms with Gasteiger partial charge in [0.25, 0.3) is 6.01 Å². The quantitative estimate of drug-likeness (QED) is 0.500. The second-order valence-electron chi connectivity index (χ2n) is 5.65. The topological polar surface area (TPSA) is 77.8 Å². The van der Waals surface area contributed by atoms with Crippen LogP contribution >= 0.6 is 11.3 Å². The largest absolute Gasteiger partial charge is 0.424 e. The van der Waals surface area contributed by atoms with Crippen LogP contribution in [-0.2, 0) is 0 Å². The maximum atomic E-state index is 5.63.